The van der Waals surface area contributed by atoms with Gasteiger partial charge in [0.05, 0.1) is 12.1 Å². The third kappa shape index (κ3) is 1.28. The molecule has 1 aliphatic carbocycles. The molecule has 15 heavy (non-hydrogen) atoms. The number of rotatable bonds is 0. The highest BCUT2D eigenvalue weighted by molar-refractivity contribution is 5.88. The first-order valence-electron chi connectivity index (χ1n) is 5.68. The minimum Gasteiger partial charge on any atom is -0.312 e. The number of hydrogen-bond donors (Lipinski definition) is 0. The molecular formula is C13H15NO. The lowest BCUT2D eigenvalue weighted by molar-refractivity contribution is -0.126. The van der Waals surface area contributed by atoms with E-state index in [1.165, 1.54) is 16.8 Å². The molecule has 0 aromatic rings. The van der Waals surface area contributed by atoms with Crippen molar-refractivity contribution in [1.29, 1.82) is 0 Å². The lowest BCUT2D eigenvalue weighted by Crippen LogP contribution is -2.28. The molecular weight excluding hydrogens is 186 g/mol. The molecule has 2 heterocycles. The zero-order valence-electron chi connectivity index (χ0n) is 8.99. The van der Waals surface area contributed by atoms with Crippen LogP contribution in [0.1, 0.15) is 26.2 Å². The van der Waals surface area contributed by atoms with Crippen molar-refractivity contribution in [3.8, 4) is 0 Å². The summed E-state index contributed by atoms with van der Waals surface area (Å²) in [6.07, 6.45) is 9.54. The molecule has 3 aliphatic rings. The predicted octanol–water partition coefficient (Wildman–Crippen LogP) is 2.40. The predicted molar refractivity (Wildman–Crippen MR) is 59.0 cm³/mol. The second-order valence-corrected chi connectivity index (χ2v) is 4.61. The Balaban J connectivity index is 2.16. The fourth-order valence-electron chi connectivity index (χ4n) is 2.74. The normalized spacial score (nSPS) is 29.1. The molecule has 2 aliphatic heterocycles. The van der Waals surface area contributed by atoms with Gasteiger partial charge in [0.1, 0.15) is 0 Å². The van der Waals surface area contributed by atoms with Gasteiger partial charge in [-0.1, -0.05) is 25.2 Å². The van der Waals surface area contributed by atoms with Crippen molar-refractivity contribution in [2.24, 2.45) is 5.92 Å². The Bertz CT molecular complexity index is 414. The SMILES string of the molecule is CC1C=CC2=C3C(=C1)CC(=O)N3CCC2. The summed E-state index contributed by atoms with van der Waals surface area (Å²) in [4.78, 5) is 13.8. The summed E-state index contributed by atoms with van der Waals surface area (Å²) in [6.45, 7) is 3.09. The first kappa shape index (κ1) is 8.96. The van der Waals surface area contributed by atoms with Gasteiger partial charge < -0.3 is 4.90 Å². The molecule has 0 radical (unpaired) electrons. The van der Waals surface area contributed by atoms with E-state index in [2.05, 4.69) is 25.2 Å². The molecule has 2 nitrogen and oxygen atoms in total. The van der Waals surface area contributed by atoms with Crippen LogP contribution < -0.4 is 0 Å². The maximum Gasteiger partial charge on any atom is 0.231 e. The molecule has 0 bridgehead atoms. The van der Waals surface area contributed by atoms with Gasteiger partial charge in [-0.15, -0.1) is 0 Å². The summed E-state index contributed by atoms with van der Waals surface area (Å²) in [5.41, 5.74) is 3.85. The van der Waals surface area contributed by atoms with E-state index in [-0.39, 0.29) is 5.91 Å². The van der Waals surface area contributed by atoms with E-state index in [0.29, 0.717) is 12.3 Å². The summed E-state index contributed by atoms with van der Waals surface area (Å²) in [5.74, 6) is 0.745. The second kappa shape index (κ2) is 3.09. The van der Waals surface area contributed by atoms with Crippen molar-refractivity contribution in [2.75, 3.05) is 6.54 Å². The lowest BCUT2D eigenvalue weighted by Gasteiger charge is -2.25. The van der Waals surface area contributed by atoms with Gasteiger partial charge in [0, 0.05) is 6.54 Å². The third-order valence-corrected chi connectivity index (χ3v) is 3.41. The Kier molecular flexibility index (Phi) is 1.84. The van der Waals surface area contributed by atoms with E-state index in [9.17, 15) is 4.79 Å². The molecule has 2 heteroatoms. The summed E-state index contributed by atoms with van der Waals surface area (Å²) in [6, 6.07) is 0. The van der Waals surface area contributed by atoms with Crippen LogP contribution in [0, 0.1) is 5.92 Å². The molecule has 0 spiro atoms. The van der Waals surface area contributed by atoms with Crippen LogP contribution >= 0.6 is 0 Å². The summed E-state index contributed by atoms with van der Waals surface area (Å²) < 4.78 is 0. The molecule has 1 atom stereocenters. The van der Waals surface area contributed by atoms with Crippen LogP contribution in [0.25, 0.3) is 0 Å². The van der Waals surface area contributed by atoms with Gasteiger partial charge in [-0.3, -0.25) is 4.79 Å². The molecule has 78 valence electrons. The van der Waals surface area contributed by atoms with E-state index in [0.717, 1.165) is 19.4 Å². The van der Waals surface area contributed by atoms with Gasteiger partial charge in [-0.25, -0.2) is 0 Å². The molecule has 1 saturated heterocycles. The Morgan fingerprint density at radius 1 is 1.47 bits per heavy atom. The number of hydrogen-bond acceptors (Lipinski definition) is 1. The van der Waals surface area contributed by atoms with Gasteiger partial charge in [0.25, 0.3) is 0 Å². The average Bonchev–Trinajstić information content (AvgIpc) is 2.43. The van der Waals surface area contributed by atoms with E-state index >= 15 is 0 Å². The molecule has 0 N–H and O–H groups in total. The van der Waals surface area contributed by atoms with Crippen LogP contribution in [-0.2, 0) is 4.79 Å². The van der Waals surface area contributed by atoms with Crippen molar-refractivity contribution >= 4 is 5.91 Å². The minimum atomic E-state index is 0.288. The van der Waals surface area contributed by atoms with Crippen molar-refractivity contribution in [2.45, 2.75) is 26.2 Å². The number of carbonyl (C=O) groups excluding carboxylic acids is 1. The van der Waals surface area contributed by atoms with Crippen LogP contribution in [0.2, 0.25) is 0 Å². The Morgan fingerprint density at radius 2 is 2.33 bits per heavy atom. The number of carbonyl (C=O) groups is 1. The topological polar surface area (TPSA) is 20.3 Å². The Morgan fingerprint density at radius 3 is 3.20 bits per heavy atom. The number of allylic oxidation sites excluding steroid dienone is 5. The Labute approximate surface area is 90.0 Å². The van der Waals surface area contributed by atoms with Gasteiger partial charge >= 0.3 is 0 Å². The summed E-state index contributed by atoms with van der Waals surface area (Å²) in [7, 11) is 0. The first-order chi connectivity index (χ1) is 7.25. The molecule has 3 rings (SSSR count). The molecule has 1 fully saturated rings. The van der Waals surface area contributed by atoms with Crippen LogP contribution in [0.3, 0.4) is 0 Å². The standard InChI is InChI=1S/C13H15NO/c1-9-4-5-10-3-2-6-14-12(15)8-11(7-9)13(10)14/h4-5,7,9H,2-3,6,8H2,1H3. The highest BCUT2D eigenvalue weighted by Crippen LogP contribution is 2.38. The van der Waals surface area contributed by atoms with Crippen molar-refractivity contribution < 1.29 is 4.79 Å². The van der Waals surface area contributed by atoms with Crippen LogP contribution in [-0.4, -0.2) is 17.4 Å². The van der Waals surface area contributed by atoms with Gasteiger partial charge in [-0.2, -0.15) is 0 Å². The maximum atomic E-state index is 11.8. The van der Waals surface area contributed by atoms with E-state index < -0.39 is 0 Å². The van der Waals surface area contributed by atoms with Crippen LogP contribution in [0.4, 0.5) is 0 Å². The van der Waals surface area contributed by atoms with Crippen LogP contribution in [0.5, 0.6) is 0 Å². The quantitative estimate of drug-likeness (QED) is 0.589. The zero-order chi connectivity index (χ0) is 10.4. The van der Waals surface area contributed by atoms with E-state index in [1.54, 1.807) is 0 Å². The lowest BCUT2D eigenvalue weighted by atomic mass is 10.0. The molecule has 0 aromatic carbocycles. The molecule has 1 unspecified atom stereocenters. The van der Waals surface area contributed by atoms with Gasteiger partial charge in [-0.05, 0) is 29.9 Å². The fourth-order valence-corrected chi connectivity index (χ4v) is 2.74. The highest BCUT2D eigenvalue weighted by atomic mass is 16.2. The van der Waals surface area contributed by atoms with E-state index in [4.69, 9.17) is 0 Å². The summed E-state index contributed by atoms with van der Waals surface area (Å²) in [5, 5.41) is 0. The number of nitrogens with zero attached hydrogens (tertiary/aromatic N) is 1. The molecule has 0 saturated carbocycles. The monoisotopic (exact) mass is 201 g/mol. The largest absolute Gasteiger partial charge is 0.312 e. The Hall–Kier alpha value is -1.31. The number of amides is 1. The smallest absolute Gasteiger partial charge is 0.231 e. The van der Waals surface area contributed by atoms with Crippen LogP contribution in [0.15, 0.2) is 35.1 Å². The summed E-state index contributed by atoms with van der Waals surface area (Å²) >= 11 is 0. The molecule has 1 amide bonds. The highest BCUT2D eigenvalue weighted by Gasteiger charge is 2.34. The van der Waals surface area contributed by atoms with Crippen molar-refractivity contribution in [1.82, 2.24) is 4.90 Å². The zero-order valence-corrected chi connectivity index (χ0v) is 8.99. The molecule has 0 aromatic heterocycles. The van der Waals surface area contributed by atoms with Crippen molar-refractivity contribution in [3.05, 3.63) is 35.1 Å². The minimum absolute atomic E-state index is 0.288. The maximum absolute atomic E-state index is 11.8. The van der Waals surface area contributed by atoms with Gasteiger partial charge in [0.2, 0.25) is 5.91 Å². The fraction of sp³-hybridized carbons (Fsp3) is 0.462. The van der Waals surface area contributed by atoms with Gasteiger partial charge in [0.15, 0.2) is 0 Å². The first-order valence-corrected chi connectivity index (χ1v) is 5.68. The van der Waals surface area contributed by atoms with E-state index in [1.807, 2.05) is 4.90 Å². The van der Waals surface area contributed by atoms with Crippen molar-refractivity contribution in [3.63, 3.8) is 0 Å². The second-order valence-electron chi connectivity index (χ2n) is 4.61. The average molecular weight is 201 g/mol. The third-order valence-electron chi connectivity index (χ3n) is 3.41.